The monoisotopic (exact) mass is 296 g/mol. The lowest BCUT2D eigenvalue weighted by molar-refractivity contribution is 0.756. The third kappa shape index (κ3) is 4.92. The smallest absolute Gasteiger partial charge is 0.0366 e. The van der Waals surface area contributed by atoms with Gasteiger partial charge in [-0.2, -0.15) is 0 Å². The molecule has 17 heavy (non-hydrogen) atoms. The largest absolute Gasteiger partial charge is 0.372 e. The second-order valence-electron chi connectivity index (χ2n) is 3.96. The maximum Gasteiger partial charge on any atom is 0.0366 e. The lowest BCUT2D eigenvalue weighted by Crippen LogP contribution is -2.21. The van der Waals surface area contributed by atoms with Gasteiger partial charge in [-0.25, -0.2) is 0 Å². The highest BCUT2D eigenvalue weighted by atomic mass is 79.9. The van der Waals surface area contributed by atoms with Gasteiger partial charge in [-0.05, 0) is 31.5 Å². The molecule has 3 heteroatoms. The van der Waals surface area contributed by atoms with Crippen molar-refractivity contribution in [3.05, 3.63) is 40.9 Å². The van der Waals surface area contributed by atoms with Crippen LogP contribution in [0.25, 0.3) is 0 Å². The predicted octanol–water partition coefficient (Wildman–Crippen LogP) is 3.53. The molecule has 0 fully saturated rings. The third-order valence-electron chi connectivity index (χ3n) is 2.71. The van der Waals surface area contributed by atoms with E-state index in [4.69, 9.17) is 0 Å². The van der Waals surface area contributed by atoms with E-state index in [1.54, 1.807) is 0 Å². The summed E-state index contributed by atoms with van der Waals surface area (Å²) in [6.07, 6.45) is 0. The van der Waals surface area contributed by atoms with Gasteiger partial charge in [0.05, 0.1) is 0 Å². The van der Waals surface area contributed by atoms with E-state index in [0.29, 0.717) is 0 Å². The number of hydrogen-bond acceptors (Lipinski definition) is 2. The Morgan fingerprint density at radius 3 is 2.29 bits per heavy atom. The standard InChI is InChI=1S/C14H21BrN2/c1-4-17(5-2)14-8-6-13(7-9-14)11-16-10-12(3)15/h6-9,16H,3-5,10-11H2,1-2H3. The average molecular weight is 297 g/mol. The maximum atomic E-state index is 3.79. The second kappa shape index (κ2) is 7.51. The Balaban J connectivity index is 2.52. The van der Waals surface area contributed by atoms with Gasteiger partial charge in [0.2, 0.25) is 0 Å². The van der Waals surface area contributed by atoms with Crippen LogP contribution in [0.4, 0.5) is 5.69 Å². The van der Waals surface area contributed by atoms with Gasteiger partial charge in [-0.1, -0.05) is 34.6 Å². The second-order valence-corrected chi connectivity index (χ2v) is 5.08. The van der Waals surface area contributed by atoms with Crippen molar-refractivity contribution in [1.29, 1.82) is 0 Å². The number of halogens is 1. The molecule has 0 aliphatic rings. The summed E-state index contributed by atoms with van der Waals surface area (Å²) >= 11 is 3.33. The minimum absolute atomic E-state index is 0.803. The Kier molecular flexibility index (Phi) is 6.30. The molecule has 0 aromatic heterocycles. The number of anilines is 1. The predicted molar refractivity (Wildman–Crippen MR) is 79.8 cm³/mol. The summed E-state index contributed by atoms with van der Waals surface area (Å²) in [7, 11) is 0. The molecular weight excluding hydrogens is 276 g/mol. The fourth-order valence-electron chi connectivity index (χ4n) is 1.76. The zero-order valence-corrected chi connectivity index (χ0v) is 12.3. The lowest BCUT2D eigenvalue weighted by Gasteiger charge is -2.21. The van der Waals surface area contributed by atoms with Gasteiger partial charge >= 0.3 is 0 Å². The van der Waals surface area contributed by atoms with Gasteiger partial charge < -0.3 is 10.2 Å². The van der Waals surface area contributed by atoms with Gasteiger partial charge in [0.25, 0.3) is 0 Å². The fraction of sp³-hybridized carbons (Fsp3) is 0.429. The molecule has 0 aliphatic heterocycles. The zero-order chi connectivity index (χ0) is 12.7. The molecule has 0 aliphatic carbocycles. The van der Waals surface area contributed by atoms with Crippen LogP contribution < -0.4 is 10.2 Å². The molecule has 0 amide bonds. The molecule has 94 valence electrons. The molecule has 1 N–H and O–H groups in total. The van der Waals surface area contributed by atoms with E-state index in [1.807, 2.05) is 0 Å². The van der Waals surface area contributed by atoms with Gasteiger partial charge in [-0.3, -0.25) is 0 Å². The van der Waals surface area contributed by atoms with Crippen molar-refractivity contribution in [1.82, 2.24) is 5.32 Å². The maximum absolute atomic E-state index is 3.79. The van der Waals surface area contributed by atoms with E-state index in [1.165, 1.54) is 11.3 Å². The van der Waals surface area contributed by atoms with Crippen molar-refractivity contribution < 1.29 is 0 Å². The summed E-state index contributed by atoms with van der Waals surface area (Å²) in [5.74, 6) is 0. The molecule has 1 aromatic carbocycles. The highest BCUT2D eigenvalue weighted by Gasteiger charge is 2.01. The molecule has 0 atom stereocenters. The van der Waals surface area contributed by atoms with E-state index in [9.17, 15) is 0 Å². The van der Waals surface area contributed by atoms with Crippen LogP contribution in [0.2, 0.25) is 0 Å². The van der Waals surface area contributed by atoms with E-state index in [2.05, 4.69) is 70.8 Å². The summed E-state index contributed by atoms with van der Waals surface area (Å²) in [5.41, 5.74) is 2.60. The molecule has 0 heterocycles. The normalized spacial score (nSPS) is 10.3. The summed E-state index contributed by atoms with van der Waals surface area (Å²) in [6, 6.07) is 8.73. The van der Waals surface area contributed by atoms with Crippen LogP contribution in [0.5, 0.6) is 0 Å². The van der Waals surface area contributed by atoms with Crippen molar-refractivity contribution in [2.45, 2.75) is 20.4 Å². The van der Waals surface area contributed by atoms with Crippen molar-refractivity contribution in [2.24, 2.45) is 0 Å². The fourth-order valence-corrected chi connectivity index (χ4v) is 1.95. The molecular formula is C14H21BrN2. The minimum Gasteiger partial charge on any atom is -0.372 e. The molecule has 0 saturated carbocycles. The third-order valence-corrected chi connectivity index (χ3v) is 2.99. The first-order chi connectivity index (χ1) is 8.17. The number of nitrogens with one attached hydrogen (secondary N) is 1. The van der Waals surface area contributed by atoms with Crippen LogP contribution in [0, 0.1) is 0 Å². The Morgan fingerprint density at radius 1 is 1.24 bits per heavy atom. The molecule has 0 spiro atoms. The number of rotatable bonds is 7. The Bertz CT molecular complexity index is 342. The number of benzene rings is 1. The van der Waals surface area contributed by atoms with Gasteiger partial charge in [0.1, 0.15) is 0 Å². The van der Waals surface area contributed by atoms with Crippen LogP contribution in [-0.4, -0.2) is 19.6 Å². The molecule has 1 rings (SSSR count). The van der Waals surface area contributed by atoms with Crippen molar-refractivity contribution in [2.75, 3.05) is 24.5 Å². The van der Waals surface area contributed by atoms with Gasteiger partial charge in [-0.15, -0.1) is 0 Å². The number of nitrogens with zero attached hydrogens (tertiary/aromatic N) is 1. The van der Waals surface area contributed by atoms with Gasteiger partial charge in [0.15, 0.2) is 0 Å². The summed E-state index contributed by atoms with van der Waals surface area (Å²) in [4.78, 5) is 2.34. The highest BCUT2D eigenvalue weighted by molar-refractivity contribution is 9.11. The van der Waals surface area contributed by atoms with Crippen molar-refractivity contribution >= 4 is 21.6 Å². The summed E-state index contributed by atoms with van der Waals surface area (Å²) in [5, 5.41) is 3.32. The quantitative estimate of drug-likeness (QED) is 0.828. The van der Waals surface area contributed by atoms with Crippen molar-refractivity contribution in [3.8, 4) is 0 Å². The van der Waals surface area contributed by atoms with Crippen LogP contribution in [0.15, 0.2) is 35.3 Å². The molecule has 1 aromatic rings. The van der Waals surface area contributed by atoms with Crippen LogP contribution >= 0.6 is 15.9 Å². The first-order valence-corrected chi connectivity index (χ1v) is 6.84. The minimum atomic E-state index is 0.803. The lowest BCUT2D eigenvalue weighted by atomic mass is 10.2. The van der Waals surface area contributed by atoms with Gasteiger partial charge in [0, 0.05) is 36.3 Å². The average Bonchev–Trinajstić information content (AvgIpc) is 2.32. The molecule has 0 unspecified atom stereocenters. The highest BCUT2D eigenvalue weighted by Crippen LogP contribution is 2.14. The first kappa shape index (κ1) is 14.3. The molecule has 0 radical (unpaired) electrons. The molecule has 0 bridgehead atoms. The van der Waals surface area contributed by atoms with E-state index >= 15 is 0 Å². The van der Waals surface area contributed by atoms with Crippen LogP contribution in [-0.2, 0) is 6.54 Å². The van der Waals surface area contributed by atoms with Crippen molar-refractivity contribution in [3.63, 3.8) is 0 Å². The van der Waals surface area contributed by atoms with Crippen LogP contribution in [0.1, 0.15) is 19.4 Å². The van der Waals surface area contributed by atoms with E-state index in [0.717, 1.165) is 30.7 Å². The Labute approximate surface area is 113 Å². The van der Waals surface area contributed by atoms with Crippen LogP contribution in [0.3, 0.4) is 0 Å². The Morgan fingerprint density at radius 2 is 1.82 bits per heavy atom. The van der Waals surface area contributed by atoms with E-state index < -0.39 is 0 Å². The van der Waals surface area contributed by atoms with E-state index in [-0.39, 0.29) is 0 Å². The summed E-state index contributed by atoms with van der Waals surface area (Å²) in [6.45, 7) is 11.9. The number of hydrogen-bond donors (Lipinski definition) is 1. The zero-order valence-electron chi connectivity index (χ0n) is 10.7. The first-order valence-electron chi connectivity index (χ1n) is 6.05. The molecule has 0 saturated heterocycles. The molecule has 2 nitrogen and oxygen atoms in total. The Hall–Kier alpha value is -0.800. The topological polar surface area (TPSA) is 15.3 Å². The SMILES string of the molecule is C=C(Br)CNCc1ccc(N(CC)CC)cc1. The summed E-state index contributed by atoms with van der Waals surface area (Å²) < 4.78 is 0.984.